The average molecular weight is 233 g/mol. The van der Waals surface area contributed by atoms with Crippen LogP contribution in [0.25, 0.3) is 0 Å². The molecule has 0 radical (unpaired) electrons. The lowest BCUT2D eigenvalue weighted by Crippen LogP contribution is -2.29. The van der Waals surface area contributed by atoms with Crippen molar-refractivity contribution in [2.45, 2.75) is 51.1 Å². The highest BCUT2D eigenvalue weighted by Crippen LogP contribution is 2.34. The second-order valence-electron chi connectivity index (χ2n) is 5.72. The highest BCUT2D eigenvalue weighted by Gasteiger charge is 2.28. The fourth-order valence-corrected chi connectivity index (χ4v) is 3.40. The zero-order valence-corrected chi connectivity index (χ0v) is 10.4. The summed E-state index contributed by atoms with van der Waals surface area (Å²) >= 11 is 0. The smallest absolute Gasteiger partial charge is 0.123 e. The summed E-state index contributed by atoms with van der Waals surface area (Å²) < 4.78 is 13.1. The molecule has 1 nitrogen and oxygen atoms in total. The van der Waals surface area contributed by atoms with Gasteiger partial charge in [0.05, 0.1) is 0 Å². The number of hydrogen-bond acceptors (Lipinski definition) is 1. The highest BCUT2D eigenvalue weighted by molar-refractivity contribution is 5.35. The molecule has 3 unspecified atom stereocenters. The van der Waals surface area contributed by atoms with Gasteiger partial charge in [0.15, 0.2) is 0 Å². The summed E-state index contributed by atoms with van der Waals surface area (Å²) in [6.07, 6.45) is 6.10. The quantitative estimate of drug-likeness (QED) is 0.823. The van der Waals surface area contributed by atoms with E-state index in [1.54, 1.807) is 12.1 Å². The Morgan fingerprint density at radius 1 is 1.24 bits per heavy atom. The minimum absolute atomic E-state index is 0.0983. The third kappa shape index (κ3) is 2.23. The van der Waals surface area contributed by atoms with Crippen molar-refractivity contribution >= 4 is 0 Å². The summed E-state index contributed by atoms with van der Waals surface area (Å²) in [6, 6.07) is 6.39. The van der Waals surface area contributed by atoms with Gasteiger partial charge in [-0.2, -0.15) is 0 Å². The average Bonchev–Trinajstić information content (AvgIpc) is 2.86. The first-order chi connectivity index (χ1) is 8.22. The maximum atomic E-state index is 13.1. The molecule has 0 saturated heterocycles. The van der Waals surface area contributed by atoms with Crippen molar-refractivity contribution in [3.8, 4) is 0 Å². The van der Waals surface area contributed by atoms with Gasteiger partial charge in [-0.15, -0.1) is 0 Å². The van der Waals surface area contributed by atoms with E-state index in [4.69, 9.17) is 0 Å². The van der Waals surface area contributed by atoms with Crippen molar-refractivity contribution in [1.82, 2.24) is 5.32 Å². The largest absolute Gasteiger partial charge is 0.307 e. The molecule has 2 heteroatoms. The van der Waals surface area contributed by atoms with Crippen molar-refractivity contribution in [1.29, 1.82) is 0 Å². The van der Waals surface area contributed by atoms with Crippen LogP contribution in [0.5, 0.6) is 0 Å². The zero-order chi connectivity index (χ0) is 11.8. The van der Waals surface area contributed by atoms with E-state index in [1.165, 1.54) is 30.4 Å². The fourth-order valence-electron chi connectivity index (χ4n) is 3.40. The molecule has 1 saturated carbocycles. The Bertz CT molecular complexity index is 415. The number of halogens is 1. The highest BCUT2D eigenvalue weighted by atomic mass is 19.1. The number of nitrogens with one attached hydrogen (secondary N) is 1. The molecular weight excluding hydrogens is 213 g/mol. The van der Waals surface area contributed by atoms with Gasteiger partial charge in [0.1, 0.15) is 5.82 Å². The van der Waals surface area contributed by atoms with Crippen molar-refractivity contribution in [3.63, 3.8) is 0 Å². The number of fused-ring (bicyclic) bond motifs is 1. The van der Waals surface area contributed by atoms with Gasteiger partial charge >= 0.3 is 0 Å². The summed E-state index contributed by atoms with van der Waals surface area (Å²) in [5.41, 5.74) is 2.53. The topological polar surface area (TPSA) is 12.0 Å². The van der Waals surface area contributed by atoms with Gasteiger partial charge in [-0.25, -0.2) is 4.39 Å². The van der Waals surface area contributed by atoms with E-state index in [0.717, 1.165) is 18.8 Å². The van der Waals surface area contributed by atoms with E-state index >= 15 is 0 Å². The Morgan fingerprint density at radius 3 is 2.88 bits per heavy atom. The van der Waals surface area contributed by atoms with Crippen LogP contribution in [0.1, 0.15) is 49.8 Å². The molecule has 3 rings (SSSR count). The number of benzene rings is 1. The first-order valence-electron chi connectivity index (χ1n) is 6.77. The third-order valence-electron chi connectivity index (χ3n) is 4.31. The van der Waals surface area contributed by atoms with Gasteiger partial charge in [-0.3, -0.25) is 0 Å². The summed E-state index contributed by atoms with van der Waals surface area (Å²) in [7, 11) is 0. The van der Waals surface area contributed by atoms with Crippen molar-refractivity contribution in [2.24, 2.45) is 5.92 Å². The van der Waals surface area contributed by atoms with Crippen LogP contribution in [-0.2, 0) is 6.42 Å². The summed E-state index contributed by atoms with van der Waals surface area (Å²) in [6.45, 7) is 2.33. The Balaban J connectivity index is 1.71. The SMILES string of the molecule is CC1CCC(NC2CCc3cc(F)ccc32)C1. The van der Waals surface area contributed by atoms with E-state index in [1.807, 2.05) is 6.07 Å². The van der Waals surface area contributed by atoms with Crippen molar-refractivity contribution < 1.29 is 4.39 Å². The van der Waals surface area contributed by atoms with Crippen LogP contribution in [0.2, 0.25) is 0 Å². The van der Waals surface area contributed by atoms with Gasteiger partial charge in [0, 0.05) is 12.1 Å². The van der Waals surface area contributed by atoms with Gasteiger partial charge in [-0.1, -0.05) is 13.0 Å². The lowest BCUT2D eigenvalue weighted by molar-refractivity contribution is 0.428. The molecule has 1 N–H and O–H groups in total. The van der Waals surface area contributed by atoms with Crippen LogP contribution in [0, 0.1) is 11.7 Å². The second-order valence-corrected chi connectivity index (χ2v) is 5.72. The first kappa shape index (κ1) is 11.2. The lowest BCUT2D eigenvalue weighted by atomic mass is 10.1. The van der Waals surface area contributed by atoms with Crippen LogP contribution in [0.4, 0.5) is 4.39 Å². The van der Waals surface area contributed by atoms with Crippen LogP contribution in [-0.4, -0.2) is 6.04 Å². The Kier molecular flexibility index (Phi) is 2.91. The lowest BCUT2D eigenvalue weighted by Gasteiger charge is -2.19. The molecule has 0 aromatic heterocycles. The molecule has 2 aliphatic carbocycles. The maximum Gasteiger partial charge on any atom is 0.123 e. The standard InChI is InChI=1S/C15H20FN/c1-10-2-5-13(8-10)17-15-7-3-11-9-12(16)4-6-14(11)15/h4,6,9-10,13,15,17H,2-3,5,7-8H2,1H3. The Hall–Kier alpha value is -0.890. The van der Waals surface area contributed by atoms with Gasteiger partial charge in [0.2, 0.25) is 0 Å². The van der Waals surface area contributed by atoms with E-state index in [2.05, 4.69) is 12.2 Å². The molecule has 1 aromatic carbocycles. The summed E-state index contributed by atoms with van der Waals surface area (Å²) in [5.74, 6) is 0.764. The van der Waals surface area contributed by atoms with Gasteiger partial charge in [0.25, 0.3) is 0 Å². The van der Waals surface area contributed by atoms with Crippen molar-refractivity contribution in [2.75, 3.05) is 0 Å². The zero-order valence-electron chi connectivity index (χ0n) is 10.4. The Morgan fingerprint density at radius 2 is 2.12 bits per heavy atom. The molecule has 2 aliphatic rings. The normalized spacial score (nSPS) is 31.8. The molecule has 1 fully saturated rings. The van der Waals surface area contributed by atoms with E-state index in [-0.39, 0.29) is 5.82 Å². The maximum absolute atomic E-state index is 13.1. The molecule has 0 aliphatic heterocycles. The number of rotatable bonds is 2. The van der Waals surface area contributed by atoms with E-state index in [9.17, 15) is 4.39 Å². The molecule has 92 valence electrons. The van der Waals surface area contributed by atoms with Crippen LogP contribution in [0.15, 0.2) is 18.2 Å². The van der Waals surface area contributed by atoms with Gasteiger partial charge < -0.3 is 5.32 Å². The minimum Gasteiger partial charge on any atom is -0.307 e. The Labute approximate surface area is 102 Å². The van der Waals surface area contributed by atoms with Crippen LogP contribution >= 0.6 is 0 Å². The fraction of sp³-hybridized carbons (Fsp3) is 0.600. The third-order valence-corrected chi connectivity index (χ3v) is 4.31. The molecule has 17 heavy (non-hydrogen) atoms. The minimum atomic E-state index is -0.0983. The number of hydrogen-bond donors (Lipinski definition) is 1. The molecular formula is C15H20FN. The van der Waals surface area contributed by atoms with E-state index < -0.39 is 0 Å². The van der Waals surface area contributed by atoms with Crippen LogP contribution < -0.4 is 5.32 Å². The summed E-state index contributed by atoms with van der Waals surface area (Å²) in [4.78, 5) is 0. The molecule has 3 atom stereocenters. The van der Waals surface area contributed by atoms with Gasteiger partial charge in [-0.05, 0) is 61.3 Å². The first-order valence-corrected chi connectivity index (χ1v) is 6.77. The monoisotopic (exact) mass is 233 g/mol. The predicted octanol–water partition coefficient (Wildman–Crippen LogP) is 3.59. The predicted molar refractivity (Wildman–Crippen MR) is 67.4 cm³/mol. The van der Waals surface area contributed by atoms with Crippen LogP contribution in [0.3, 0.4) is 0 Å². The molecule has 0 heterocycles. The molecule has 1 aromatic rings. The molecule has 0 amide bonds. The second kappa shape index (κ2) is 4.41. The van der Waals surface area contributed by atoms with Crippen molar-refractivity contribution in [3.05, 3.63) is 35.1 Å². The molecule has 0 bridgehead atoms. The summed E-state index contributed by atoms with van der Waals surface area (Å²) in [5, 5.41) is 3.76. The molecule has 0 spiro atoms. The number of aryl methyl sites for hydroxylation is 1. The van der Waals surface area contributed by atoms with E-state index in [0.29, 0.717) is 12.1 Å².